The van der Waals surface area contributed by atoms with Crippen molar-refractivity contribution in [2.45, 2.75) is 0 Å². The molecule has 0 unspecified atom stereocenters. The van der Waals surface area contributed by atoms with Crippen molar-refractivity contribution in [1.29, 1.82) is 0 Å². The molecule has 3 nitrogen and oxygen atoms in total. The minimum atomic E-state index is -0.361. The number of carbonyl (C=O) groups excluding carboxylic acids is 1. The van der Waals surface area contributed by atoms with Crippen molar-refractivity contribution < 1.29 is 13.9 Å². The highest BCUT2D eigenvalue weighted by atomic mass is 35.5. The van der Waals surface area contributed by atoms with Crippen LogP contribution in [0, 0.1) is 5.82 Å². The zero-order valence-electron chi connectivity index (χ0n) is 11.8. The highest BCUT2D eigenvalue weighted by Gasteiger charge is 2.14. The van der Waals surface area contributed by atoms with Gasteiger partial charge in [0, 0.05) is 12.6 Å². The fraction of sp³-hybridized carbons (Fsp3) is 0.188. The Labute approximate surface area is 127 Å². The molecule has 0 N–H and O–H groups in total. The second kappa shape index (κ2) is 6.59. The molecule has 2 aromatic carbocycles. The number of rotatable bonds is 5. The van der Waals surface area contributed by atoms with Gasteiger partial charge in [0.2, 0.25) is 0 Å². The number of ketones is 1. The van der Waals surface area contributed by atoms with Crippen LogP contribution in [0.5, 0.6) is 5.75 Å². The molecule has 0 saturated heterocycles. The first kappa shape index (κ1) is 15.3. The Kier molecular flexibility index (Phi) is 4.81. The monoisotopic (exact) mass is 307 g/mol. The predicted molar refractivity (Wildman–Crippen MR) is 82.0 cm³/mol. The first-order valence-electron chi connectivity index (χ1n) is 6.35. The molecule has 0 saturated carbocycles. The third kappa shape index (κ3) is 3.52. The number of nitrogens with zero attached hydrogens (tertiary/aromatic N) is 1. The summed E-state index contributed by atoms with van der Waals surface area (Å²) in [6, 6.07) is 11.2. The molecule has 0 bridgehead atoms. The molecule has 0 aromatic heterocycles. The van der Waals surface area contributed by atoms with Gasteiger partial charge in [-0.3, -0.25) is 4.79 Å². The third-order valence-corrected chi connectivity index (χ3v) is 3.41. The van der Waals surface area contributed by atoms with E-state index in [9.17, 15) is 9.18 Å². The summed E-state index contributed by atoms with van der Waals surface area (Å²) in [6.07, 6.45) is 0. The summed E-state index contributed by atoms with van der Waals surface area (Å²) < 4.78 is 18.7. The molecule has 0 aliphatic rings. The molecule has 110 valence electrons. The number of anilines is 1. The lowest BCUT2D eigenvalue weighted by molar-refractivity contribution is 0.1000. The van der Waals surface area contributed by atoms with Gasteiger partial charge in [-0.05, 0) is 30.3 Å². The first-order valence-corrected chi connectivity index (χ1v) is 6.73. The fourth-order valence-electron chi connectivity index (χ4n) is 1.99. The van der Waals surface area contributed by atoms with Gasteiger partial charge < -0.3 is 9.64 Å². The Balaban J connectivity index is 2.14. The molecule has 0 atom stereocenters. The van der Waals surface area contributed by atoms with Gasteiger partial charge in [0.05, 0.1) is 24.4 Å². The van der Waals surface area contributed by atoms with Crippen molar-refractivity contribution in [3.8, 4) is 5.75 Å². The number of hydrogen-bond acceptors (Lipinski definition) is 3. The van der Waals surface area contributed by atoms with Gasteiger partial charge in [0.1, 0.15) is 11.6 Å². The molecule has 0 heterocycles. The number of hydrogen-bond donors (Lipinski definition) is 0. The van der Waals surface area contributed by atoms with E-state index in [1.165, 1.54) is 13.2 Å². The van der Waals surface area contributed by atoms with Gasteiger partial charge in [-0.2, -0.15) is 0 Å². The van der Waals surface area contributed by atoms with Crippen LogP contribution >= 0.6 is 11.6 Å². The first-order chi connectivity index (χ1) is 10.0. The predicted octanol–water partition coefficient (Wildman–Crippen LogP) is 3.81. The molecule has 21 heavy (non-hydrogen) atoms. The van der Waals surface area contributed by atoms with Crippen LogP contribution in [0.25, 0.3) is 0 Å². The SMILES string of the molecule is COc1ccc(C(=O)CN(C)c2ccccc2F)cc1Cl. The molecule has 0 aliphatic carbocycles. The minimum Gasteiger partial charge on any atom is -0.495 e. The molecule has 2 rings (SSSR count). The molecule has 2 aromatic rings. The van der Waals surface area contributed by atoms with Gasteiger partial charge in [0.15, 0.2) is 5.78 Å². The van der Waals surface area contributed by atoms with Crippen molar-refractivity contribution in [2.75, 3.05) is 25.6 Å². The van der Waals surface area contributed by atoms with Crippen LogP contribution in [0.15, 0.2) is 42.5 Å². The number of methoxy groups -OCH3 is 1. The normalized spacial score (nSPS) is 10.3. The van der Waals surface area contributed by atoms with Crippen LogP contribution in [0.3, 0.4) is 0 Å². The second-order valence-electron chi connectivity index (χ2n) is 4.58. The van der Waals surface area contributed by atoms with Crippen LogP contribution in [0.1, 0.15) is 10.4 Å². The molecule has 0 radical (unpaired) electrons. The average molecular weight is 308 g/mol. The highest BCUT2D eigenvalue weighted by molar-refractivity contribution is 6.32. The average Bonchev–Trinajstić information content (AvgIpc) is 2.47. The van der Waals surface area contributed by atoms with Crippen molar-refractivity contribution in [1.82, 2.24) is 0 Å². The van der Waals surface area contributed by atoms with Crippen molar-refractivity contribution in [2.24, 2.45) is 0 Å². The van der Waals surface area contributed by atoms with Crippen LogP contribution in [-0.4, -0.2) is 26.5 Å². The Morgan fingerprint density at radius 3 is 2.62 bits per heavy atom. The number of para-hydroxylation sites is 1. The largest absolute Gasteiger partial charge is 0.495 e. The third-order valence-electron chi connectivity index (χ3n) is 3.12. The number of carbonyl (C=O) groups is 1. The summed E-state index contributed by atoms with van der Waals surface area (Å²) in [5.41, 5.74) is 0.842. The number of ether oxygens (including phenoxy) is 1. The van der Waals surface area contributed by atoms with E-state index in [2.05, 4.69) is 0 Å². The molecular weight excluding hydrogens is 293 g/mol. The Morgan fingerprint density at radius 1 is 1.29 bits per heavy atom. The summed E-state index contributed by atoms with van der Waals surface area (Å²) in [7, 11) is 3.18. The van der Waals surface area contributed by atoms with E-state index in [1.807, 2.05) is 0 Å². The minimum absolute atomic E-state index is 0.0591. The van der Waals surface area contributed by atoms with E-state index in [1.54, 1.807) is 48.3 Å². The van der Waals surface area contributed by atoms with E-state index in [0.29, 0.717) is 22.0 Å². The van der Waals surface area contributed by atoms with Gasteiger partial charge >= 0.3 is 0 Å². The van der Waals surface area contributed by atoms with Crippen molar-refractivity contribution >= 4 is 23.1 Å². The standard InChI is InChI=1S/C16H15ClFNO2/c1-19(14-6-4-3-5-13(14)18)10-15(20)11-7-8-16(21-2)12(17)9-11/h3-9H,10H2,1-2H3. The van der Waals surface area contributed by atoms with Gasteiger partial charge in [-0.1, -0.05) is 23.7 Å². The summed E-state index contributed by atoms with van der Waals surface area (Å²) in [5.74, 6) is 0.00143. The summed E-state index contributed by atoms with van der Waals surface area (Å²) in [5, 5.41) is 0.372. The van der Waals surface area contributed by atoms with E-state index in [-0.39, 0.29) is 18.1 Å². The summed E-state index contributed by atoms with van der Waals surface area (Å²) in [4.78, 5) is 13.8. The number of likely N-dealkylation sites (N-methyl/N-ethyl adjacent to an activating group) is 1. The molecule has 0 fully saturated rings. The summed E-state index contributed by atoms with van der Waals surface area (Å²) >= 11 is 6.00. The Bertz CT molecular complexity index is 660. The fourth-order valence-corrected chi connectivity index (χ4v) is 2.25. The zero-order chi connectivity index (χ0) is 15.4. The van der Waals surface area contributed by atoms with E-state index < -0.39 is 0 Å². The maximum atomic E-state index is 13.7. The van der Waals surface area contributed by atoms with Crippen LogP contribution in [-0.2, 0) is 0 Å². The van der Waals surface area contributed by atoms with Crippen molar-refractivity contribution in [3.05, 3.63) is 58.9 Å². The number of Topliss-reactive ketones (excluding diaryl/α,β-unsaturated/α-hetero) is 1. The zero-order valence-corrected chi connectivity index (χ0v) is 12.5. The smallest absolute Gasteiger partial charge is 0.182 e. The van der Waals surface area contributed by atoms with Crippen LogP contribution in [0.2, 0.25) is 5.02 Å². The number of halogens is 2. The van der Waals surface area contributed by atoms with E-state index >= 15 is 0 Å². The van der Waals surface area contributed by atoms with Crippen molar-refractivity contribution in [3.63, 3.8) is 0 Å². The quantitative estimate of drug-likeness (QED) is 0.787. The van der Waals surface area contributed by atoms with Crippen LogP contribution in [0.4, 0.5) is 10.1 Å². The maximum absolute atomic E-state index is 13.7. The molecule has 0 aliphatic heterocycles. The number of benzene rings is 2. The Hall–Kier alpha value is -2.07. The lowest BCUT2D eigenvalue weighted by Gasteiger charge is -2.19. The lowest BCUT2D eigenvalue weighted by Crippen LogP contribution is -2.26. The molecule has 0 amide bonds. The highest BCUT2D eigenvalue weighted by Crippen LogP contribution is 2.25. The van der Waals surface area contributed by atoms with E-state index in [4.69, 9.17) is 16.3 Å². The lowest BCUT2D eigenvalue weighted by atomic mass is 10.1. The topological polar surface area (TPSA) is 29.5 Å². The molecule has 5 heteroatoms. The van der Waals surface area contributed by atoms with Gasteiger partial charge in [-0.15, -0.1) is 0 Å². The van der Waals surface area contributed by atoms with Gasteiger partial charge in [-0.25, -0.2) is 4.39 Å². The maximum Gasteiger partial charge on any atom is 0.182 e. The second-order valence-corrected chi connectivity index (χ2v) is 4.99. The van der Waals surface area contributed by atoms with Gasteiger partial charge in [0.25, 0.3) is 0 Å². The summed E-state index contributed by atoms with van der Waals surface area (Å²) in [6.45, 7) is 0.0591. The van der Waals surface area contributed by atoms with Crippen LogP contribution < -0.4 is 9.64 Å². The molecular formula is C16H15ClFNO2. The molecule has 0 spiro atoms. The van der Waals surface area contributed by atoms with E-state index in [0.717, 1.165) is 0 Å². The Morgan fingerprint density at radius 2 is 2.00 bits per heavy atom.